The van der Waals surface area contributed by atoms with E-state index in [2.05, 4.69) is 5.32 Å². The summed E-state index contributed by atoms with van der Waals surface area (Å²) >= 11 is 0. The molecule has 0 saturated carbocycles. The molecule has 0 amide bonds. The van der Waals surface area contributed by atoms with Gasteiger partial charge in [-0.1, -0.05) is 60.7 Å². The number of carbonyl (C=O) groups is 1. The van der Waals surface area contributed by atoms with Crippen molar-refractivity contribution in [1.29, 1.82) is 0 Å². The van der Waals surface area contributed by atoms with E-state index in [1.807, 2.05) is 31.2 Å². The Morgan fingerprint density at radius 2 is 1.76 bits per heavy atom. The van der Waals surface area contributed by atoms with Crippen molar-refractivity contribution >= 4 is 5.97 Å². The first-order valence-corrected chi connectivity index (χ1v) is 12.1. The smallest absolute Gasteiger partial charge is 0.308 e. The summed E-state index contributed by atoms with van der Waals surface area (Å²) in [5.74, 6) is -3.28. The zero-order chi connectivity index (χ0) is 26.8. The Hall–Kier alpha value is -3.17. The molecule has 3 rings (SSSR count). The summed E-state index contributed by atoms with van der Waals surface area (Å²) in [6.07, 6.45) is -0.168. The third kappa shape index (κ3) is 8.72. The van der Waals surface area contributed by atoms with Gasteiger partial charge in [-0.15, -0.1) is 0 Å². The fourth-order valence-electron chi connectivity index (χ4n) is 3.95. The van der Waals surface area contributed by atoms with Crippen LogP contribution >= 0.6 is 0 Å². The highest BCUT2D eigenvalue weighted by Gasteiger charge is 2.31. The number of carbonyl (C=O) groups excluding carboxylic acids is 1. The standard InChI is InChI=1S/C29H33F2NO5/c1-20(32-16-27(35)24-11-12-28(37-21(2)34)25(15-24)17-33)13-22-7-6-8-23(14-22)18-36-19-29(30,31)26-9-4-3-5-10-26/h3-12,14-15,20,27,32-33,35H,13,16-19H2,1-2H3/t20-,27-/m0/s1. The number of alkyl halides is 2. The molecule has 0 aliphatic carbocycles. The molecule has 0 aromatic heterocycles. The molecule has 0 bridgehead atoms. The van der Waals surface area contributed by atoms with Gasteiger partial charge in [-0.25, -0.2) is 0 Å². The van der Waals surface area contributed by atoms with Crippen LogP contribution in [0.3, 0.4) is 0 Å². The van der Waals surface area contributed by atoms with Crippen LogP contribution in [-0.4, -0.2) is 35.4 Å². The molecule has 0 fully saturated rings. The number of esters is 1. The van der Waals surface area contributed by atoms with Crippen LogP contribution in [0.2, 0.25) is 0 Å². The molecule has 37 heavy (non-hydrogen) atoms. The van der Waals surface area contributed by atoms with Crippen molar-refractivity contribution in [1.82, 2.24) is 5.32 Å². The van der Waals surface area contributed by atoms with E-state index < -0.39 is 24.6 Å². The first kappa shape index (κ1) is 28.4. The van der Waals surface area contributed by atoms with E-state index in [0.717, 1.165) is 11.1 Å². The topological polar surface area (TPSA) is 88.0 Å². The Kier molecular flexibility index (Phi) is 10.3. The summed E-state index contributed by atoms with van der Waals surface area (Å²) < 4.78 is 39.0. The number of nitrogens with one attached hydrogen (secondary N) is 1. The lowest BCUT2D eigenvalue weighted by Gasteiger charge is -2.19. The molecule has 198 valence electrons. The van der Waals surface area contributed by atoms with Crippen LogP contribution < -0.4 is 10.1 Å². The maximum Gasteiger partial charge on any atom is 0.308 e. The first-order valence-electron chi connectivity index (χ1n) is 12.1. The second-order valence-corrected chi connectivity index (χ2v) is 9.03. The Morgan fingerprint density at radius 1 is 1.03 bits per heavy atom. The monoisotopic (exact) mass is 513 g/mol. The molecular formula is C29H33F2NO5. The predicted octanol–water partition coefficient (Wildman–Crippen LogP) is 4.67. The lowest BCUT2D eigenvalue weighted by atomic mass is 10.0. The fourth-order valence-corrected chi connectivity index (χ4v) is 3.95. The molecule has 0 heterocycles. The third-order valence-corrected chi connectivity index (χ3v) is 5.83. The van der Waals surface area contributed by atoms with Crippen molar-refractivity contribution in [2.24, 2.45) is 0 Å². The molecular weight excluding hydrogens is 480 g/mol. The van der Waals surface area contributed by atoms with Gasteiger partial charge in [0.2, 0.25) is 0 Å². The molecule has 3 N–H and O–H groups in total. The largest absolute Gasteiger partial charge is 0.426 e. The predicted molar refractivity (Wildman–Crippen MR) is 136 cm³/mol. The Bertz CT molecular complexity index is 1160. The average Bonchev–Trinajstić information content (AvgIpc) is 2.88. The maximum absolute atomic E-state index is 14.3. The second-order valence-electron chi connectivity index (χ2n) is 9.03. The highest BCUT2D eigenvalue weighted by Crippen LogP contribution is 2.28. The second kappa shape index (κ2) is 13.4. The van der Waals surface area contributed by atoms with Crippen molar-refractivity contribution in [2.45, 2.75) is 51.6 Å². The van der Waals surface area contributed by atoms with Crippen molar-refractivity contribution in [2.75, 3.05) is 13.2 Å². The van der Waals surface area contributed by atoms with Crippen molar-refractivity contribution < 1.29 is 33.3 Å². The summed E-state index contributed by atoms with van der Waals surface area (Å²) in [5, 5.41) is 23.4. The van der Waals surface area contributed by atoms with Crippen LogP contribution in [-0.2, 0) is 35.1 Å². The van der Waals surface area contributed by atoms with Crippen LogP contribution in [0.1, 0.15) is 47.8 Å². The van der Waals surface area contributed by atoms with Crippen molar-refractivity contribution in [3.8, 4) is 5.75 Å². The SMILES string of the molecule is CC(=O)Oc1ccc([C@@H](O)CN[C@@H](C)Cc2cccc(COCC(F)(F)c3ccccc3)c2)cc1CO. The summed E-state index contributed by atoms with van der Waals surface area (Å²) in [6.45, 7) is 2.60. The third-order valence-electron chi connectivity index (χ3n) is 5.83. The highest BCUT2D eigenvalue weighted by atomic mass is 19.3. The van der Waals surface area contributed by atoms with E-state index in [-0.39, 0.29) is 37.1 Å². The summed E-state index contributed by atoms with van der Waals surface area (Å²) in [4.78, 5) is 11.2. The average molecular weight is 514 g/mol. The number of ether oxygens (including phenoxy) is 2. The zero-order valence-corrected chi connectivity index (χ0v) is 21.0. The van der Waals surface area contributed by atoms with Gasteiger partial charge in [0, 0.05) is 30.6 Å². The summed E-state index contributed by atoms with van der Waals surface area (Å²) in [6, 6.07) is 20.1. The maximum atomic E-state index is 14.3. The molecule has 0 saturated heterocycles. The van der Waals surface area contributed by atoms with Crippen molar-refractivity contribution in [3.63, 3.8) is 0 Å². The molecule has 0 unspecified atom stereocenters. The van der Waals surface area contributed by atoms with Gasteiger partial charge in [0.15, 0.2) is 0 Å². The van der Waals surface area contributed by atoms with Gasteiger partial charge in [-0.2, -0.15) is 8.78 Å². The lowest BCUT2D eigenvalue weighted by molar-refractivity contribution is -0.131. The van der Waals surface area contributed by atoms with Crippen LogP contribution in [0.25, 0.3) is 0 Å². The molecule has 2 atom stereocenters. The molecule has 0 radical (unpaired) electrons. The van der Waals surface area contributed by atoms with E-state index >= 15 is 0 Å². The molecule has 0 spiro atoms. The van der Waals surface area contributed by atoms with Gasteiger partial charge in [-0.05, 0) is 42.2 Å². The zero-order valence-electron chi connectivity index (χ0n) is 21.0. The number of halogens is 2. The van der Waals surface area contributed by atoms with Gasteiger partial charge < -0.3 is 25.0 Å². The van der Waals surface area contributed by atoms with Gasteiger partial charge >= 0.3 is 5.97 Å². The van der Waals surface area contributed by atoms with E-state index in [9.17, 15) is 23.8 Å². The number of aliphatic hydroxyl groups is 2. The normalized spacial score (nSPS) is 13.2. The molecule has 0 aliphatic rings. The number of hydrogen-bond donors (Lipinski definition) is 3. The van der Waals surface area contributed by atoms with Crippen LogP contribution in [0.4, 0.5) is 8.78 Å². The van der Waals surface area contributed by atoms with Gasteiger partial charge in [0.05, 0.1) is 19.3 Å². The van der Waals surface area contributed by atoms with Gasteiger partial charge in [0.1, 0.15) is 12.4 Å². The lowest BCUT2D eigenvalue weighted by Crippen LogP contribution is -2.32. The molecule has 3 aromatic carbocycles. The van der Waals surface area contributed by atoms with Crippen molar-refractivity contribution in [3.05, 3.63) is 101 Å². The summed E-state index contributed by atoms with van der Waals surface area (Å²) in [5.41, 5.74) is 2.75. The van der Waals surface area contributed by atoms with Crippen LogP contribution in [0.15, 0.2) is 72.8 Å². The molecule has 0 aliphatic heterocycles. The van der Waals surface area contributed by atoms with E-state index in [4.69, 9.17) is 9.47 Å². The minimum absolute atomic E-state index is 0.0193. The molecule has 3 aromatic rings. The van der Waals surface area contributed by atoms with Gasteiger partial charge in [-0.3, -0.25) is 4.79 Å². The minimum atomic E-state index is -3.06. The van der Waals surface area contributed by atoms with Crippen LogP contribution in [0, 0.1) is 0 Å². The summed E-state index contributed by atoms with van der Waals surface area (Å²) in [7, 11) is 0. The van der Waals surface area contributed by atoms with E-state index in [1.54, 1.807) is 36.4 Å². The molecule has 8 heteroatoms. The van der Waals surface area contributed by atoms with E-state index in [0.29, 0.717) is 17.5 Å². The number of benzene rings is 3. The number of hydrogen-bond acceptors (Lipinski definition) is 6. The van der Waals surface area contributed by atoms with Crippen LogP contribution in [0.5, 0.6) is 5.75 Å². The number of aliphatic hydroxyl groups excluding tert-OH is 2. The fraction of sp³-hybridized carbons (Fsp3) is 0.345. The quantitative estimate of drug-likeness (QED) is 0.228. The minimum Gasteiger partial charge on any atom is -0.426 e. The Labute approximate surface area is 215 Å². The first-order chi connectivity index (χ1) is 17.7. The Morgan fingerprint density at radius 3 is 2.46 bits per heavy atom. The molecule has 6 nitrogen and oxygen atoms in total. The van der Waals surface area contributed by atoms with E-state index in [1.165, 1.54) is 19.1 Å². The van der Waals surface area contributed by atoms with Gasteiger partial charge in [0.25, 0.3) is 5.92 Å². The highest BCUT2D eigenvalue weighted by molar-refractivity contribution is 5.69. The number of rotatable bonds is 13. The Balaban J connectivity index is 1.49.